The van der Waals surface area contributed by atoms with Crippen LogP contribution < -0.4 is 9.47 Å². The van der Waals surface area contributed by atoms with Crippen LogP contribution in [0.5, 0.6) is 11.5 Å². The fourth-order valence-corrected chi connectivity index (χ4v) is 5.02. The zero-order chi connectivity index (χ0) is 26.0. The number of rotatable bonds is 12. The minimum atomic E-state index is 0.560. The van der Waals surface area contributed by atoms with E-state index >= 15 is 0 Å². The third kappa shape index (κ3) is 7.70. The van der Waals surface area contributed by atoms with Gasteiger partial charge in [-0.05, 0) is 99.1 Å². The van der Waals surface area contributed by atoms with E-state index in [9.17, 15) is 0 Å². The number of ether oxygens (including phenoxy) is 2. The molecule has 3 aromatic carbocycles. The maximum atomic E-state index is 5.99. The lowest BCUT2D eigenvalue weighted by atomic mass is 9.82. The van der Waals surface area contributed by atoms with Crippen LogP contribution in [0.1, 0.15) is 42.4 Å². The molecule has 37 heavy (non-hydrogen) atoms. The molecule has 0 amide bonds. The minimum Gasteiger partial charge on any atom is -0.492 e. The van der Waals surface area contributed by atoms with Crippen LogP contribution in [-0.4, -0.2) is 64.3 Å². The van der Waals surface area contributed by atoms with E-state index < -0.39 is 0 Å². The van der Waals surface area contributed by atoms with Crippen molar-refractivity contribution in [1.29, 1.82) is 0 Å². The minimum absolute atomic E-state index is 0.560. The standard InChI is InChI=1S/C33H42N2O2/c1-34(2)22-24-36-30-18-14-28(15-19-30)33(29-16-20-31(21-17-29)37-25-23-35(3)4)32(27-12-8-9-13-27)26-10-6-5-7-11-26/h5-7,10-11,14-21,27H,8-9,12-13,22-25H2,1-4H3. The number of hydrogen-bond acceptors (Lipinski definition) is 4. The normalized spacial score (nSPS) is 13.8. The smallest absolute Gasteiger partial charge is 0.119 e. The first-order valence-electron chi connectivity index (χ1n) is 13.6. The highest BCUT2D eigenvalue weighted by Crippen LogP contribution is 2.43. The van der Waals surface area contributed by atoms with Crippen molar-refractivity contribution >= 4 is 11.1 Å². The first kappa shape index (κ1) is 27.0. The van der Waals surface area contributed by atoms with Crippen LogP contribution >= 0.6 is 0 Å². The summed E-state index contributed by atoms with van der Waals surface area (Å²) in [6, 6.07) is 28.3. The van der Waals surface area contributed by atoms with Crippen molar-refractivity contribution in [3.05, 3.63) is 95.6 Å². The van der Waals surface area contributed by atoms with Crippen LogP contribution in [0.2, 0.25) is 0 Å². The summed E-state index contributed by atoms with van der Waals surface area (Å²) >= 11 is 0. The summed E-state index contributed by atoms with van der Waals surface area (Å²) < 4.78 is 12.0. The van der Waals surface area contributed by atoms with Gasteiger partial charge in [-0.25, -0.2) is 0 Å². The second-order valence-electron chi connectivity index (χ2n) is 10.5. The van der Waals surface area contributed by atoms with Crippen LogP contribution in [0.3, 0.4) is 0 Å². The Labute approximate surface area is 223 Å². The number of allylic oxidation sites excluding steroid dienone is 1. The van der Waals surface area contributed by atoms with Gasteiger partial charge in [0.25, 0.3) is 0 Å². The molecule has 0 N–H and O–H groups in total. The highest BCUT2D eigenvalue weighted by molar-refractivity contribution is 5.99. The Morgan fingerprint density at radius 3 is 1.51 bits per heavy atom. The Morgan fingerprint density at radius 1 is 0.622 bits per heavy atom. The number of benzene rings is 3. The molecule has 0 bridgehead atoms. The molecule has 4 rings (SSSR count). The van der Waals surface area contributed by atoms with Crippen molar-refractivity contribution in [3.63, 3.8) is 0 Å². The molecule has 1 saturated carbocycles. The van der Waals surface area contributed by atoms with Gasteiger partial charge in [0.15, 0.2) is 0 Å². The molecule has 0 unspecified atom stereocenters. The highest BCUT2D eigenvalue weighted by Gasteiger charge is 2.25. The van der Waals surface area contributed by atoms with Crippen molar-refractivity contribution < 1.29 is 9.47 Å². The fraction of sp³-hybridized carbons (Fsp3) is 0.394. The third-order valence-corrected chi connectivity index (χ3v) is 7.02. The van der Waals surface area contributed by atoms with Gasteiger partial charge in [-0.3, -0.25) is 0 Å². The number of likely N-dealkylation sites (N-methyl/N-ethyl adjacent to an activating group) is 2. The van der Waals surface area contributed by atoms with Gasteiger partial charge < -0.3 is 19.3 Å². The van der Waals surface area contributed by atoms with Crippen LogP contribution in [0, 0.1) is 5.92 Å². The summed E-state index contributed by atoms with van der Waals surface area (Å²) in [6.45, 7) is 3.16. The van der Waals surface area contributed by atoms with Gasteiger partial charge in [0.05, 0.1) is 0 Å². The summed E-state index contributed by atoms with van der Waals surface area (Å²) in [5.74, 6) is 2.39. The maximum absolute atomic E-state index is 5.99. The Balaban J connectivity index is 1.72. The molecule has 1 fully saturated rings. The van der Waals surface area contributed by atoms with Crippen molar-refractivity contribution in [1.82, 2.24) is 9.80 Å². The second-order valence-corrected chi connectivity index (χ2v) is 10.5. The van der Waals surface area contributed by atoms with Crippen molar-refractivity contribution in [2.24, 2.45) is 5.92 Å². The van der Waals surface area contributed by atoms with Crippen LogP contribution in [0.15, 0.2) is 78.9 Å². The first-order valence-corrected chi connectivity index (χ1v) is 13.6. The molecule has 1 aliphatic carbocycles. The van der Waals surface area contributed by atoms with Gasteiger partial charge >= 0.3 is 0 Å². The lowest BCUT2D eigenvalue weighted by Gasteiger charge is -2.23. The monoisotopic (exact) mass is 498 g/mol. The molecule has 196 valence electrons. The lowest BCUT2D eigenvalue weighted by molar-refractivity contribution is 0.261. The quantitative estimate of drug-likeness (QED) is 0.259. The molecule has 0 atom stereocenters. The van der Waals surface area contributed by atoms with Gasteiger partial charge in [-0.2, -0.15) is 0 Å². The molecule has 0 spiro atoms. The largest absolute Gasteiger partial charge is 0.492 e. The van der Waals surface area contributed by atoms with Crippen molar-refractivity contribution in [2.75, 3.05) is 54.5 Å². The van der Waals surface area contributed by atoms with Crippen molar-refractivity contribution in [3.8, 4) is 11.5 Å². The molecule has 0 saturated heterocycles. The van der Waals surface area contributed by atoms with E-state index in [0.717, 1.165) is 24.6 Å². The summed E-state index contributed by atoms with van der Waals surface area (Å²) in [7, 11) is 8.26. The molecule has 4 nitrogen and oxygen atoms in total. The lowest BCUT2D eigenvalue weighted by Crippen LogP contribution is -2.19. The summed E-state index contributed by atoms with van der Waals surface area (Å²) in [6.07, 6.45) is 5.08. The SMILES string of the molecule is CN(C)CCOc1ccc(C(=C(c2ccccc2)C2CCCC2)c2ccc(OCCN(C)C)cc2)cc1. The molecular formula is C33H42N2O2. The van der Waals surface area contributed by atoms with E-state index in [1.54, 1.807) is 0 Å². The van der Waals surface area contributed by atoms with E-state index in [2.05, 4.69) is 117 Å². The average molecular weight is 499 g/mol. The number of nitrogens with zero attached hydrogens (tertiary/aromatic N) is 2. The Kier molecular flexibility index (Phi) is 9.81. The van der Waals surface area contributed by atoms with Crippen molar-refractivity contribution in [2.45, 2.75) is 25.7 Å². The number of hydrogen-bond donors (Lipinski definition) is 0. The summed E-state index contributed by atoms with van der Waals surface area (Å²) in [5.41, 5.74) is 6.56. The maximum Gasteiger partial charge on any atom is 0.119 e. The molecule has 0 aromatic heterocycles. The van der Waals surface area contributed by atoms with E-state index in [1.165, 1.54) is 53.5 Å². The summed E-state index contributed by atoms with van der Waals surface area (Å²) in [4.78, 5) is 4.27. The predicted molar refractivity (Wildman–Crippen MR) is 155 cm³/mol. The average Bonchev–Trinajstić information content (AvgIpc) is 3.43. The topological polar surface area (TPSA) is 24.9 Å². The van der Waals surface area contributed by atoms with E-state index in [-0.39, 0.29) is 0 Å². The fourth-order valence-electron chi connectivity index (χ4n) is 5.02. The molecule has 0 aliphatic heterocycles. The second kappa shape index (κ2) is 13.5. The Hall–Kier alpha value is -3.08. The van der Waals surface area contributed by atoms with Gasteiger partial charge in [0.2, 0.25) is 0 Å². The van der Waals surface area contributed by atoms with Gasteiger partial charge in [0.1, 0.15) is 24.7 Å². The molecule has 0 radical (unpaired) electrons. The molecular weight excluding hydrogens is 456 g/mol. The van der Waals surface area contributed by atoms with Gasteiger partial charge in [-0.15, -0.1) is 0 Å². The van der Waals surface area contributed by atoms with E-state index in [1.807, 2.05) is 0 Å². The van der Waals surface area contributed by atoms with Crippen LogP contribution in [-0.2, 0) is 0 Å². The predicted octanol–water partition coefficient (Wildman–Crippen LogP) is 6.72. The zero-order valence-electron chi connectivity index (χ0n) is 23.0. The molecule has 3 aromatic rings. The molecule has 4 heteroatoms. The van der Waals surface area contributed by atoms with E-state index in [0.29, 0.717) is 19.1 Å². The van der Waals surface area contributed by atoms with Crippen LogP contribution in [0.25, 0.3) is 11.1 Å². The van der Waals surface area contributed by atoms with Gasteiger partial charge in [-0.1, -0.05) is 67.4 Å². The Morgan fingerprint density at radius 2 is 1.08 bits per heavy atom. The summed E-state index contributed by atoms with van der Waals surface area (Å²) in [5, 5.41) is 0. The zero-order valence-corrected chi connectivity index (χ0v) is 23.0. The van der Waals surface area contributed by atoms with E-state index in [4.69, 9.17) is 9.47 Å². The third-order valence-electron chi connectivity index (χ3n) is 7.02. The Bertz CT molecular complexity index is 1050. The van der Waals surface area contributed by atoms with Gasteiger partial charge in [0, 0.05) is 13.1 Å². The van der Waals surface area contributed by atoms with Crippen LogP contribution in [0.4, 0.5) is 0 Å². The molecule has 0 heterocycles. The highest BCUT2D eigenvalue weighted by atomic mass is 16.5. The first-order chi connectivity index (χ1) is 18.0. The molecule has 1 aliphatic rings.